The first-order chi connectivity index (χ1) is 11.0. The highest BCUT2D eigenvalue weighted by molar-refractivity contribution is 5.97. The molecule has 130 valence electrons. The number of hydrogen-bond donors (Lipinski definition) is 0. The van der Waals surface area contributed by atoms with Crippen molar-refractivity contribution in [2.45, 2.75) is 26.1 Å². The second-order valence-corrected chi connectivity index (χ2v) is 5.64. The Labute approximate surface area is 138 Å². The summed E-state index contributed by atoms with van der Waals surface area (Å²) < 4.78 is 15.8. The van der Waals surface area contributed by atoms with Crippen molar-refractivity contribution in [1.82, 2.24) is 9.80 Å². The van der Waals surface area contributed by atoms with Gasteiger partial charge in [-0.1, -0.05) is 0 Å². The third kappa shape index (κ3) is 6.57. The van der Waals surface area contributed by atoms with E-state index in [0.717, 1.165) is 0 Å². The predicted molar refractivity (Wildman–Crippen MR) is 85.6 cm³/mol. The number of nitriles is 1. The minimum Gasteiger partial charge on any atom is -0.383 e. The maximum Gasteiger partial charge on any atom is 0.266 e. The van der Waals surface area contributed by atoms with Gasteiger partial charge in [0.25, 0.3) is 5.91 Å². The molecule has 0 aromatic rings. The van der Waals surface area contributed by atoms with Crippen LogP contribution < -0.4 is 0 Å². The van der Waals surface area contributed by atoms with E-state index in [9.17, 15) is 10.1 Å². The Morgan fingerprint density at radius 1 is 1.26 bits per heavy atom. The molecule has 2 unspecified atom stereocenters. The van der Waals surface area contributed by atoms with Gasteiger partial charge in [0.1, 0.15) is 11.6 Å². The Kier molecular flexibility index (Phi) is 8.62. The topological polar surface area (TPSA) is 75.0 Å². The van der Waals surface area contributed by atoms with E-state index in [0.29, 0.717) is 39.4 Å². The van der Waals surface area contributed by atoms with Gasteiger partial charge in [0.15, 0.2) is 0 Å². The third-order valence-corrected chi connectivity index (χ3v) is 3.53. The predicted octanol–water partition coefficient (Wildman–Crippen LogP) is 0.624. The summed E-state index contributed by atoms with van der Waals surface area (Å²) in [6.45, 7) is 7.06. The van der Waals surface area contributed by atoms with Gasteiger partial charge >= 0.3 is 0 Å². The molecule has 2 atom stereocenters. The summed E-state index contributed by atoms with van der Waals surface area (Å²) in [6, 6.07) is 2.02. The molecule has 7 nitrogen and oxygen atoms in total. The lowest BCUT2D eigenvalue weighted by Gasteiger charge is -2.35. The molecule has 0 spiro atoms. The van der Waals surface area contributed by atoms with Crippen LogP contribution in [0.5, 0.6) is 0 Å². The van der Waals surface area contributed by atoms with Crippen molar-refractivity contribution in [2.75, 3.05) is 53.6 Å². The summed E-state index contributed by atoms with van der Waals surface area (Å²) >= 11 is 0. The molecule has 1 saturated heterocycles. The van der Waals surface area contributed by atoms with E-state index in [4.69, 9.17) is 14.2 Å². The van der Waals surface area contributed by atoms with Gasteiger partial charge in [0.2, 0.25) is 0 Å². The molecule has 7 heteroatoms. The van der Waals surface area contributed by atoms with Crippen LogP contribution in [0.3, 0.4) is 0 Å². The van der Waals surface area contributed by atoms with E-state index in [2.05, 4.69) is 0 Å². The monoisotopic (exact) mass is 325 g/mol. The largest absolute Gasteiger partial charge is 0.383 e. The molecule has 0 N–H and O–H groups in total. The third-order valence-electron chi connectivity index (χ3n) is 3.53. The molecule has 1 heterocycles. The van der Waals surface area contributed by atoms with Crippen LogP contribution >= 0.6 is 0 Å². The fourth-order valence-electron chi connectivity index (χ4n) is 2.49. The lowest BCUT2D eigenvalue weighted by atomic mass is 10.2. The van der Waals surface area contributed by atoms with Gasteiger partial charge in [-0.3, -0.25) is 4.79 Å². The van der Waals surface area contributed by atoms with Crippen molar-refractivity contribution < 1.29 is 19.0 Å². The first-order valence-corrected chi connectivity index (χ1v) is 7.80. The molecule has 23 heavy (non-hydrogen) atoms. The summed E-state index contributed by atoms with van der Waals surface area (Å²) in [7, 11) is 3.23. The lowest BCUT2D eigenvalue weighted by molar-refractivity contribution is -0.138. The number of hydrogen-bond acceptors (Lipinski definition) is 6. The van der Waals surface area contributed by atoms with Crippen LogP contribution in [0.25, 0.3) is 0 Å². The SMILES string of the molecule is COCCN(/C=C(/C#N)C(=O)N1CC(C)OC(C)C1)CCOC. The molecule has 0 aromatic carbocycles. The normalized spacial score (nSPS) is 21.9. The fraction of sp³-hybridized carbons (Fsp3) is 0.750. The number of morpholine rings is 1. The first-order valence-electron chi connectivity index (χ1n) is 7.80. The summed E-state index contributed by atoms with van der Waals surface area (Å²) in [5.74, 6) is -0.255. The van der Waals surface area contributed by atoms with Crippen LogP contribution in [0.2, 0.25) is 0 Å². The molecule has 0 saturated carbocycles. The van der Waals surface area contributed by atoms with Crippen LogP contribution in [-0.4, -0.2) is 81.5 Å². The Bertz CT molecular complexity index is 429. The number of amides is 1. The summed E-state index contributed by atoms with van der Waals surface area (Å²) in [5.41, 5.74) is 0.124. The highest BCUT2D eigenvalue weighted by atomic mass is 16.5. The second-order valence-electron chi connectivity index (χ2n) is 5.64. The molecular formula is C16H27N3O4. The average Bonchev–Trinajstić information content (AvgIpc) is 2.52. The second kappa shape index (κ2) is 10.2. The first kappa shape index (κ1) is 19.4. The van der Waals surface area contributed by atoms with Crippen molar-refractivity contribution in [3.05, 3.63) is 11.8 Å². The molecular weight excluding hydrogens is 298 g/mol. The average molecular weight is 325 g/mol. The minimum absolute atomic E-state index is 0.0271. The highest BCUT2D eigenvalue weighted by Crippen LogP contribution is 2.14. The van der Waals surface area contributed by atoms with E-state index in [-0.39, 0.29) is 23.7 Å². The van der Waals surface area contributed by atoms with Crippen LogP contribution in [0.15, 0.2) is 11.8 Å². The van der Waals surface area contributed by atoms with Crippen LogP contribution in [-0.2, 0) is 19.0 Å². The quantitative estimate of drug-likeness (QED) is 0.481. The lowest BCUT2D eigenvalue weighted by Crippen LogP contribution is -2.48. The minimum atomic E-state index is -0.255. The van der Waals surface area contributed by atoms with Crippen molar-refractivity contribution in [1.29, 1.82) is 5.26 Å². The van der Waals surface area contributed by atoms with Crippen molar-refractivity contribution in [3.8, 4) is 6.07 Å². The van der Waals surface area contributed by atoms with Crippen molar-refractivity contribution in [3.63, 3.8) is 0 Å². The molecule has 1 fully saturated rings. The summed E-state index contributed by atoms with van der Waals surface area (Å²) in [4.78, 5) is 16.1. The standard InChI is InChI=1S/C16H27N3O4/c1-13-10-19(11-14(2)23-13)16(20)15(9-17)12-18(5-7-21-3)6-8-22-4/h12-14H,5-8,10-11H2,1-4H3/b15-12-. The molecule has 0 aliphatic carbocycles. The van der Waals surface area contributed by atoms with Gasteiger partial charge in [0, 0.05) is 46.6 Å². The van der Waals surface area contributed by atoms with Gasteiger partial charge in [-0.2, -0.15) is 5.26 Å². The molecule has 1 rings (SSSR count). The zero-order valence-electron chi connectivity index (χ0n) is 14.4. The molecule has 1 amide bonds. The number of methoxy groups -OCH3 is 2. The molecule has 0 bridgehead atoms. The Balaban J connectivity index is 2.81. The van der Waals surface area contributed by atoms with Crippen molar-refractivity contribution >= 4 is 5.91 Å². The Hall–Kier alpha value is -1.62. The van der Waals surface area contributed by atoms with Crippen LogP contribution in [0.4, 0.5) is 0 Å². The molecule has 0 aromatic heterocycles. The van der Waals surface area contributed by atoms with E-state index >= 15 is 0 Å². The maximum atomic E-state index is 12.6. The fourth-order valence-corrected chi connectivity index (χ4v) is 2.49. The zero-order chi connectivity index (χ0) is 17.2. The van der Waals surface area contributed by atoms with Gasteiger partial charge in [-0.15, -0.1) is 0 Å². The maximum absolute atomic E-state index is 12.6. The Morgan fingerprint density at radius 3 is 2.22 bits per heavy atom. The van der Waals surface area contributed by atoms with Gasteiger partial charge in [-0.25, -0.2) is 0 Å². The highest BCUT2D eigenvalue weighted by Gasteiger charge is 2.28. The Morgan fingerprint density at radius 2 is 1.78 bits per heavy atom. The molecule has 1 aliphatic rings. The van der Waals surface area contributed by atoms with E-state index in [1.165, 1.54) is 0 Å². The number of nitrogens with zero attached hydrogens (tertiary/aromatic N) is 3. The van der Waals surface area contributed by atoms with E-state index < -0.39 is 0 Å². The summed E-state index contributed by atoms with van der Waals surface area (Å²) in [6.07, 6.45) is 1.55. The van der Waals surface area contributed by atoms with Crippen LogP contribution in [0, 0.1) is 11.3 Å². The molecule has 0 radical (unpaired) electrons. The van der Waals surface area contributed by atoms with E-state index in [1.807, 2.05) is 24.8 Å². The summed E-state index contributed by atoms with van der Waals surface area (Å²) in [5, 5.41) is 9.37. The number of carbonyl (C=O) groups excluding carboxylic acids is 1. The van der Waals surface area contributed by atoms with Gasteiger partial charge in [0.05, 0.1) is 25.4 Å². The smallest absolute Gasteiger partial charge is 0.266 e. The van der Waals surface area contributed by atoms with E-state index in [1.54, 1.807) is 25.3 Å². The zero-order valence-corrected chi connectivity index (χ0v) is 14.4. The number of ether oxygens (including phenoxy) is 3. The van der Waals surface area contributed by atoms with Gasteiger partial charge in [-0.05, 0) is 13.8 Å². The van der Waals surface area contributed by atoms with Crippen LogP contribution in [0.1, 0.15) is 13.8 Å². The number of carbonyl (C=O) groups is 1. The number of rotatable bonds is 8. The molecule has 1 aliphatic heterocycles. The van der Waals surface area contributed by atoms with Crippen molar-refractivity contribution in [2.24, 2.45) is 0 Å². The van der Waals surface area contributed by atoms with Gasteiger partial charge < -0.3 is 24.0 Å².